The third-order valence-corrected chi connectivity index (χ3v) is 4.54. The lowest BCUT2D eigenvalue weighted by Gasteiger charge is -2.31. The molecule has 0 aliphatic carbocycles. The highest BCUT2D eigenvalue weighted by molar-refractivity contribution is 7.99. The Labute approximate surface area is 133 Å². The fourth-order valence-electron chi connectivity index (χ4n) is 2.37. The molecule has 2 N–H and O–H groups in total. The second-order valence-corrected chi connectivity index (χ2v) is 7.17. The number of thioether (sulfide) groups is 1. The molecule has 0 aromatic heterocycles. The summed E-state index contributed by atoms with van der Waals surface area (Å²) in [5.41, 5.74) is -0.154. The molecule has 1 rings (SSSR count). The second kappa shape index (κ2) is 9.34. The van der Waals surface area contributed by atoms with E-state index in [0.717, 1.165) is 30.8 Å². The predicted octanol–water partition coefficient (Wildman–Crippen LogP) is 3.71. The van der Waals surface area contributed by atoms with Crippen LogP contribution in [0.2, 0.25) is 0 Å². The first-order valence-electron chi connectivity index (χ1n) is 7.64. The first-order chi connectivity index (χ1) is 9.99. The molecule has 0 amide bonds. The van der Waals surface area contributed by atoms with Gasteiger partial charge in [-0.15, -0.1) is 11.8 Å². The monoisotopic (exact) mass is 311 g/mol. The molecule has 0 heterocycles. The Hall–Kier alpha value is -0.710. The van der Waals surface area contributed by atoms with Crippen molar-refractivity contribution in [3.05, 3.63) is 24.3 Å². The number of benzene rings is 1. The Morgan fingerprint density at radius 3 is 2.43 bits per heavy atom. The van der Waals surface area contributed by atoms with E-state index < -0.39 is 0 Å². The first-order valence-corrected chi connectivity index (χ1v) is 8.63. The largest absolute Gasteiger partial charge is 0.497 e. The van der Waals surface area contributed by atoms with Gasteiger partial charge in [-0.05, 0) is 49.8 Å². The number of aliphatic hydroxyl groups is 1. The van der Waals surface area contributed by atoms with Gasteiger partial charge in [0.25, 0.3) is 0 Å². The average molecular weight is 311 g/mol. The molecule has 1 aromatic rings. The Balaban J connectivity index is 2.23. The molecule has 0 radical (unpaired) electrons. The minimum Gasteiger partial charge on any atom is -0.497 e. The van der Waals surface area contributed by atoms with Gasteiger partial charge in [0.05, 0.1) is 13.7 Å². The highest BCUT2D eigenvalue weighted by Crippen LogP contribution is 2.23. The van der Waals surface area contributed by atoms with Crippen molar-refractivity contribution in [2.75, 3.05) is 19.5 Å². The number of unbranched alkanes of at least 4 members (excludes halogenated alkanes) is 1. The van der Waals surface area contributed by atoms with Crippen molar-refractivity contribution in [3.63, 3.8) is 0 Å². The maximum atomic E-state index is 9.54. The second-order valence-electron chi connectivity index (χ2n) is 6.00. The first kappa shape index (κ1) is 18.3. The van der Waals surface area contributed by atoms with Gasteiger partial charge in [0.1, 0.15) is 5.75 Å². The number of hydrogen-bond donors (Lipinski definition) is 2. The molecule has 0 fully saturated rings. The third-order valence-electron chi connectivity index (χ3n) is 3.44. The lowest BCUT2D eigenvalue weighted by molar-refractivity contribution is 0.154. The summed E-state index contributed by atoms with van der Waals surface area (Å²) in [6.07, 6.45) is 3.29. The predicted molar refractivity (Wildman–Crippen MR) is 91.3 cm³/mol. The topological polar surface area (TPSA) is 41.5 Å². The fourth-order valence-corrected chi connectivity index (χ4v) is 3.29. The number of aliphatic hydroxyl groups excluding tert-OH is 1. The molecular formula is C17H29NO2S. The van der Waals surface area contributed by atoms with Crippen molar-refractivity contribution < 1.29 is 9.84 Å². The summed E-state index contributed by atoms with van der Waals surface area (Å²) in [7, 11) is 1.69. The van der Waals surface area contributed by atoms with Crippen molar-refractivity contribution in [2.45, 2.75) is 56.5 Å². The Morgan fingerprint density at radius 1 is 1.24 bits per heavy atom. The van der Waals surface area contributed by atoms with Gasteiger partial charge in [0.15, 0.2) is 0 Å². The summed E-state index contributed by atoms with van der Waals surface area (Å²) in [6, 6.07) is 8.59. The van der Waals surface area contributed by atoms with E-state index in [0.29, 0.717) is 6.04 Å². The smallest absolute Gasteiger partial charge is 0.118 e. The number of methoxy groups -OCH3 is 1. The molecule has 0 aliphatic heterocycles. The maximum absolute atomic E-state index is 9.54. The Bertz CT molecular complexity index is 394. The van der Waals surface area contributed by atoms with Gasteiger partial charge < -0.3 is 15.2 Å². The van der Waals surface area contributed by atoms with E-state index in [2.05, 4.69) is 38.2 Å². The van der Waals surface area contributed by atoms with Gasteiger partial charge in [-0.2, -0.15) is 0 Å². The molecule has 21 heavy (non-hydrogen) atoms. The molecule has 0 saturated carbocycles. The van der Waals surface area contributed by atoms with E-state index in [1.165, 1.54) is 4.90 Å². The van der Waals surface area contributed by atoms with Crippen molar-refractivity contribution in [2.24, 2.45) is 0 Å². The van der Waals surface area contributed by atoms with E-state index >= 15 is 0 Å². The standard InChI is InChI=1S/C17H29NO2S/c1-14(2)18-17(3,13-19)11-5-6-12-21-16-9-7-15(20-4)8-10-16/h7-10,14,18-19H,5-6,11-13H2,1-4H3. The summed E-state index contributed by atoms with van der Waals surface area (Å²) in [5, 5.41) is 13.0. The number of hydrogen-bond acceptors (Lipinski definition) is 4. The lowest BCUT2D eigenvalue weighted by Crippen LogP contribution is -2.49. The molecule has 4 heteroatoms. The van der Waals surface area contributed by atoms with Crippen molar-refractivity contribution in [1.82, 2.24) is 5.32 Å². The van der Waals surface area contributed by atoms with Gasteiger partial charge in [-0.1, -0.05) is 20.3 Å². The van der Waals surface area contributed by atoms with Crippen molar-refractivity contribution in [1.29, 1.82) is 0 Å². The molecule has 0 spiro atoms. The average Bonchev–Trinajstić information content (AvgIpc) is 2.47. The van der Waals surface area contributed by atoms with Gasteiger partial charge >= 0.3 is 0 Å². The fraction of sp³-hybridized carbons (Fsp3) is 0.647. The Kier molecular flexibility index (Phi) is 8.15. The molecule has 0 saturated heterocycles. The van der Waals surface area contributed by atoms with Crippen LogP contribution in [0.5, 0.6) is 5.75 Å². The number of rotatable bonds is 10. The summed E-state index contributed by atoms with van der Waals surface area (Å²) in [6.45, 7) is 6.53. The molecule has 0 bridgehead atoms. The molecular weight excluding hydrogens is 282 g/mol. The quantitative estimate of drug-likeness (QED) is 0.510. The maximum Gasteiger partial charge on any atom is 0.118 e. The summed E-state index contributed by atoms with van der Waals surface area (Å²) >= 11 is 1.87. The van der Waals surface area contributed by atoms with Gasteiger partial charge in [-0.3, -0.25) is 0 Å². The van der Waals surface area contributed by atoms with Crippen LogP contribution in [0.25, 0.3) is 0 Å². The summed E-state index contributed by atoms with van der Waals surface area (Å²) in [5.74, 6) is 2.01. The highest BCUT2D eigenvalue weighted by Gasteiger charge is 2.22. The zero-order chi connectivity index (χ0) is 15.7. The highest BCUT2D eigenvalue weighted by atomic mass is 32.2. The number of ether oxygens (including phenoxy) is 1. The Morgan fingerprint density at radius 2 is 1.90 bits per heavy atom. The summed E-state index contributed by atoms with van der Waals surface area (Å²) < 4.78 is 5.15. The molecule has 3 nitrogen and oxygen atoms in total. The molecule has 1 unspecified atom stereocenters. The minimum atomic E-state index is -0.154. The minimum absolute atomic E-state index is 0.154. The van der Waals surface area contributed by atoms with Crippen LogP contribution in [0.15, 0.2) is 29.2 Å². The van der Waals surface area contributed by atoms with Crippen LogP contribution < -0.4 is 10.1 Å². The summed E-state index contributed by atoms with van der Waals surface area (Å²) in [4.78, 5) is 1.28. The third kappa shape index (κ3) is 7.21. The van der Waals surface area contributed by atoms with Crippen LogP contribution in [0, 0.1) is 0 Å². The van der Waals surface area contributed by atoms with Crippen LogP contribution >= 0.6 is 11.8 Å². The van der Waals surface area contributed by atoms with Gasteiger partial charge in [-0.25, -0.2) is 0 Å². The van der Waals surface area contributed by atoms with E-state index in [4.69, 9.17) is 4.74 Å². The van der Waals surface area contributed by atoms with E-state index in [9.17, 15) is 5.11 Å². The number of nitrogens with one attached hydrogen (secondary N) is 1. The van der Waals surface area contributed by atoms with Crippen molar-refractivity contribution in [3.8, 4) is 5.75 Å². The lowest BCUT2D eigenvalue weighted by atomic mass is 9.95. The molecule has 0 aliphatic rings. The molecule has 1 aromatic carbocycles. The van der Waals surface area contributed by atoms with Crippen molar-refractivity contribution >= 4 is 11.8 Å². The van der Waals surface area contributed by atoms with Crippen LogP contribution in [0.4, 0.5) is 0 Å². The van der Waals surface area contributed by atoms with Crippen LogP contribution in [0.1, 0.15) is 40.0 Å². The molecule has 1 atom stereocenters. The van der Waals surface area contributed by atoms with Crippen LogP contribution in [-0.4, -0.2) is 36.2 Å². The van der Waals surface area contributed by atoms with Crippen LogP contribution in [0.3, 0.4) is 0 Å². The molecule has 120 valence electrons. The van der Waals surface area contributed by atoms with E-state index in [1.807, 2.05) is 23.9 Å². The van der Waals surface area contributed by atoms with Gasteiger partial charge in [0, 0.05) is 16.5 Å². The van der Waals surface area contributed by atoms with Crippen LogP contribution in [-0.2, 0) is 0 Å². The van der Waals surface area contributed by atoms with E-state index in [1.54, 1.807) is 7.11 Å². The normalized spacial score (nSPS) is 14.2. The SMILES string of the molecule is COc1ccc(SCCCCC(C)(CO)NC(C)C)cc1. The zero-order valence-electron chi connectivity index (χ0n) is 13.7. The van der Waals surface area contributed by atoms with E-state index in [-0.39, 0.29) is 12.1 Å². The van der Waals surface area contributed by atoms with Gasteiger partial charge in [0.2, 0.25) is 0 Å². The zero-order valence-corrected chi connectivity index (χ0v) is 14.5.